The molecule has 2 saturated carbocycles. The SMILES string of the molecule is CC(=O)c1cn2c3c(c(N[C@H]4CC[C@H](n5ccnc5)C4)c(F)c(N)c3c1=O)OCC21CCCC1. The highest BCUT2D eigenvalue weighted by Crippen LogP contribution is 2.49. The molecule has 1 spiro atoms. The molecule has 0 unspecified atom stereocenters. The maximum absolute atomic E-state index is 15.7. The number of pyridine rings is 1. The Morgan fingerprint density at radius 2 is 2.12 bits per heavy atom. The molecular weight excluding hydrogens is 437 g/mol. The van der Waals surface area contributed by atoms with Gasteiger partial charge in [-0.05, 0) is 39.0 Å². The molecule has 1 aromatic carbocycles. The minimum atomic E-state index is -0.694. The van der Waals surface area contributed by atoms with Crippen LogP contribution in [0.1, 0.15) is 68.3 Å². The minimum Gasteiger partial charge on any atom is -0.487 e. The highest BCUT2D eigenvalue weighted by Gasteiger charge is 2.43. The number of nitrogens with one attached hydrogen (secondary N) is 1. The van der Waals surface area contributed by atoms with Crippen molar-refractivity contribution in [1.29, 1.82) is 0 Å². The summed E-state index contributed by atoms with van der Waals surface area (Å²) in [6.07, 6.45) is 13.6. The number of aromatic nitrogens is 3. The fourth-order valence-electron chi connectivity index (χ4n) is 6.19. The quantitative estimate of drug-likeness (QED) is 0.446. The van der Waals surface area contributed by atoms with E-state index in [9.17, 15) is 9.59 Å². The van der Waals surface area contributed by atoms with Crippen molar-refractivity contribution in [2.75, 3.05) is 17.7 Å². The number of hydrogen-bond donors (Lipinski definition) is 2. The van der Waals surface area contributed by atoms with Gasteiger partial charge in [-0.1, -0.05) is 12.8 Å². The van der Waals surface area contributed by atoms with Crippen molar-refractivity contribution < 1.29 is 13.9 Å². The van der Waals surface area contributed by atoms with E-state index in [1.54, 1.807) is 18.7 Å². The van der Waals surface area contributed by atoms with Gasteiger partial charge in [0.25, 0.3) is 0 Å². The molecule has 2 aromatic heterocycles. The van der Waals surface area contributed by atoms with Crippen molar-refractivity contribution in [3.05, 3.63) is 46.5 Å². The fourth-order valence-corrected chi connectivity index (χ4v) is 6.19. The molecule has 3 N–H and O–H groups in total. The van der Waals surface area contributed by atoms with E-state index in [1.807, 2.05) is 10.8 Å². The molecule has 3 heterocycles. The molecule has 2 fully saturated rings. The van der Waals surface area contributed by atoms with Gasteiger partial charge in [0.05, 0.1) is 34.0 Å². The lowest BCUT2D eigenvalue weighted by Crippen LogP contribution is -2.42. The van der Waals surface area contributed by atoms with E-state index in [0.29, 0.717) is 17.9 Å². The second kappa shape index (κ2) is 7.58. The molecule has 8 nitrogen and oxygen atoms in total. The third-order valence-corrected chi connectivity index (χ3v) is 7.98. The van der Waals surface area contributed by atoms with Crippen LogP contribution in [0.15, 0.2) is 29.7 Å². The van der Waals surface area contributed by atoms with E-state index < -0.39 is 11.2 Å². The number of carbonyl (C=O) groups excluding carboxylic acids is 1. The average Bonchev–Trinajstić information content (AvgIpc) is 3.58. The lowest BCUT2D eigenvalue weighted by Gasteiger charge is -2.39. The van der Waals surface area contributed by atoms with Gasteiger partial charge in [-0.3, -0.25) is 9.59 Å². The van der Waals surface area contributed by atoms with E-state index in [0.717, 1.165) is 44.9 Å². The number of benzene rings is 1. The van der Waals surface area contributed by atoms with Gasteiger partial charge >= 0.3 is 0 Å². The van der Waals surface area contributed by atoms with Crippen molar-refractivity contribution in [3.63, 3.8) is 0 Å². The summed E-state index contributed by atoms with van der Waals surface area (Å²) in [5.41, 5.74) is 5.88. The number of nitrogens with two attached hydrogens (primary N) is 1. The third-order valence-electron chi connectivity index (χ3n) is 7.98. The van der Waals surface area contributed by atoms with Gasteiger partial charge in [0, 0.05) is 30.7 Å². The normalized spacial score (nSPS) is 22.9. The molecule has 0 bridgehead atoms. The van der Waals surface area contributed by atoms with Crippen molar-refractivity contribution in [2.24, 2.45) is 0 Å². The molecule has 1 aliphatic heterocycles. The molecule has 2 atom stereocenters. The van der Waals surface area contributed by atoms with E-state index in [-0.39, 0.29) is 45.7 Å². The van der Waals surface area contributed by atoms with Crippen LogP contribution in [-0.2, 0) is 5.54 Å². The van der Waals surface area contributed by atoms with Crippen molar-refractivity contribution in [1.82, 2.24) is 14.1 Å². The van der Waals surface area contributed by atoms with Gasteiger partial charge in [-0.15, -0.1) is 0 Å². The Balaban J connectivity index is 1.51. The van der Waals surface area contributed by atoms with Gasteiger partial charge in [-0.2, -0.15) is 0 Å². The van der Waals surface area contributed by atoms with Crippen LogP contribution in [0.5, 0.6) is 5.75 Å². The first-order valence-corrected chi connectivity index (χ1v) is 12.0. The minimum absolute atomic E-state index is 0.0256. The first kappa shape index (κ1) is 21.2. The largest absolute Gasteiger partial charge is 0.487 e. The smallest absolute Gasteiger partial charge is 0.202 e. The Morgan fingerprint density at radius 3 is 2.82 bits per heavy atom. The number of Topliss-reactive ketones (excluding diaryl/α,β-unsaturated/α-hetero) is 1. The second-order valence-electron chi connectivity index (χ2n) is 9.99. The number of ketones is 1. The summed E-state index contributed by atoms with van der Waals surface area (Å²) in [4.78, 5) is 29.7. The zero-order valence-corrected chi connectivity index (χ0v) is 19.1. The number of fused-ring (bicyclic) bond motifs is 1. The summed E-state index contributed by atoms with van der Waals surface area (Å²) < 4.78 is 26.0. The molecule has 9 heteroatoms. The number of imidazole rings is 1. The standard InChI is InChI=1S/C25H28FN5O3/c1-14(32)17-11-31-22-18(23(17)33)20(27)19(26)21(24(22)34-12-25(31)6-2-3-7-25)29-15-4-5-16(10-15)30-9-8-28-13-30/h8-9,11,13,15-16,29H,2-7,10,12,27H2,1H3/t15-,16-/m0/s1. The van der Waals surface area contributed by atoms with Gasteiger partial charge in [0.1, 0.15) is 12.3 Å². The number of halogens is 1. The summed E-state index contributed by atoms with van der Waals surface area (Å²) in [5, 5.41) is 3.40. The maximum atomic E-state index is 15.7. The molecule has 2 aliphatic carbocycles. The van der Waals surface area contributed by atoms with Crippen LogP contribution in [0.2, 0.25) is 0 Å². The van der Waals surface area contributed by atoms with Crippen LogP contribution in [0.3, 0.4) is 0 Å². The van der Waals surface area contributed by atoms with Crippen molar-refractivity contribution in [2.45, 2.75) is 69.5 Å². The van der Waals surface area contributed by atoms with Gasteiger partial charge in [-0.25, -0.2) is 9.37 Å². The highest BCUT2D eigenvalue weighted by atomic mass is 19.1. The van der Waals surface area contributed by atoms with Crippen LogP contribution in [0.25, 0.3) is 10.9 Å². The molecule has 6 rings (SSSR count). The highest BCUT2D eigenvalue weighted by molar-refractivity contribution is 6.04. The van der Waals surface area contributed by atoms with Crippen LogP contribution >= 0.6 is 0 Å². The van der Waals surface area contributed by atoms with E-state index in [1.165, 1.54) is 6.92 Å². The molecule has 3 aromatic rings. The van der Waals surface area contributed by atoms with Gasteiger partial charge < -0.3 is 24.9 Å². The summed E-state index contributed by atoms with van der Waals surface area (Å²) in [5.74, 6) is -0.729. The van der Waals surface area contributed by atoms with E-state index in [4.69, 9.17) is 10.5 Å². The Hall–Kier alpha value is -3.36. The molecule has 0 radical (unpaired) electrons. The van der Waals surface area contributed by atoms with Crippen LogP contribution in [0, 0.1) is 5.82 Å². The fraction of sp³-hybridized carbons (Fsp3) is 0.480. The first-order chi connectivity index (χ1) is 16.4. The number of nitrogens with zero attached hydrogens (tertiary/aromatic N) is 3. The van der Waals surface area contributed by atoms with Crippen molar-refractivity contribution >= 4 is 28.1 Å². The summed E-state index contributed by atoms with van der Waals surface area (Å²) in [7, 11) is 0. The van der Waals surface area contributed by atoms with E-state index >= 15 is 4.39 Å². The first-order valence-electron chi connectivity index (χ1n) is 12.0. The molecular formula is C25H28FN5O3. The van der Waals surface area contributed by atoms with Crippen LogP contribution in [0.4, 0.5) is 15.8 Å². The van der Waals surface area contributed by atoms with Crippen molar-refractivity contribution in [3.8, 4) is 5.75 Å². The number of anilines is 2. The Labute approximate surface area is 195 Å². The topological polar surface area (TPSA) is 104 Å². The molecule has 3 aliphatic rings. The van der Waals surface area contributed by atoms with Crippen LogP contribution in [-0.4, -0.2) is 32.6 Å². The Kier molecular flexibility index (Phi) is 4.72. The Bertz CT molecular complexity index is 1360. The Morgan fingerprint density at radius 1 is 1.32 bits per heavy atom. The molecule has 0 amide bonds. The summed E-state index contributed by atoms with van der Waals surface area (Å²) in [6.45, 7) is 1.73. The van der Waals surface area contributed by atoms with Gasteiger partial charge in [0.2, 0.25) is 5.43 Å². The summed E-state index contributed by atoms with van der Waals surface area (Å²) >= 11 is 0. The van der Waals surface area contributed by atoms with Gasteiger partial charge in [0.15, 0.2) is 17.3 Å². The second-order valence-corrected chi connectivity index (χ2v) is 9.99. The number of rotatable bonds is 4. The summed E-state index contributed by atoms with van der Waals surface area (Å²) in [6, 6.07) is 0.314. The average molecular weight is 466 g/mol. The van der Waals surface area contributed by atoms with E-state index in [2.05, 4.69) is 14.9 Å². The number of carbonyl (C=O) groups is 1. The predicted molar refractivity (Wildman–Crippen MR) is 127 cm³/mol. The predicted octanol–water partition coefficient (Wildman–Crippen LogP) is 3.99. The zero-order valence-electron chi connectivity index (χ0n) is 19.1. The molecule has 34 heavy (non-hydrogen) atoms. The lowest BCUT2D eigenvalue weighted by atomic mass is 9.93. The lowest BCUT2D eigenvalue weighted by molar-refractivity contribution is 0.101. The number of ether oxygens (including phenoxy) is 1. The number of nitrogen functional groups attached to an aromatic ring is 1. The molecule has 178 valence electrons. The monoisotopic (exact) mass is 465 g/mol. The molecule has 0 saturated heterocycles. The third kappa shape index (κ3) is 2.98. The van der Waals surface area contributed by atoms with Crippen LogP contribution < -0.4 is 21.2 Å². The maximum Gasteiger partial charge on any atom is 0.202 e. The zero-order chi connectivity index (χ0) is 23.6. The number of hydrogen-bond acceptors (Lipinski definition) is 6.